The van der Waals surface area contributed by atoms with Crippen LogP contribution in [0.5, 0.6) is 0 Å². The topological polar surface area (TPSA) is 47.9 Å². The van der Waals surface area contributed by atoms with Crippen LogP contribution in [0.15, 0.2) is 29.3 Å². The molecule has 1 saturated heterocycles. The van der Waals surface area contributed by atoms with Crippen molar-refractivity contribution < 1.29 is 5.11 Å². The second-order valence-electron chi connectivity index (χ2n) is 7.15. The van der Waals surface area contributed by atoms with Crippen LogP contribution in [-0.4, -0.2) is 42.1 Å². The summed E-state index contributed by atoms with van der Waals surface area (Å²) < 4.78 is 0. The number of rotatable bonds is 4. The van der Waals surface area contributed by atoms with Crippen LogP contribution in [0.2, 0.25) is 0 Å². The third kappa shape index (κ3) is 3.69. The van der Waals surface area contributed by atoms with Crippen molar-refractivity contribution in [1.29, 1.82) is 0 Å². The number of nitrogens with zero attached hydrogens (tertiary/aromatic N) is 2. The molecule has 2 fully saturated rings. The first-order valence-electron chi connectivity index (χ1n) is 8.90. The Hall–Kier alpha value is -1.55. The number of nitrogens with one attached hydrogen (secondary N) is 1. The van der Waals surface area contributed by atoms with E-state index in [0.29, 0.717) is 12.0 Å². The smallest absolute Gasteiger partial charge is 0.194 e. The quantitative estimate of drug-likeness (QED) is 0.663. The number of benzene rings is 1. The van der Waals surface area contributed by atoms with Gasteiger partial charge in [0.25, 0.3) is 0 Å². The Morgan fingerprint density at radius 3 is 2.83 bits per heavy atom. The monoisotopic (exact) mass is 315 g/mol. The lowest BCUT2D eigenvalue weighted by atomic mass is 9.68. The van der Waals surface area contributed by atoms with Crippen LogP contribution in [0, 0.1) is 12.3 Å². The predicted molar refractivity (Wildman–Crippen MR) is 94.6 cm³/mol. The first-order chi connectivity index (χ1) is 11.1. The van der Waals surface area contributed by atoms with Gasteiger partial charge in [-0.15, -0.1) is 0 Å². The zero-order valence-corrected chi connectivity index (χ0v) is 14.4. The van der Waals surface area contributed by atoms with E-state index in [2.05, 4.69) is 17.1 Å². The number of aliphatic imine (C=N–C) groups is 1. The first kappa shape index (κ1) is 16.3. The lowest BCUT2D eigenvalue weighted by Crippen LogP contribution is -2.42. The summed E-state index contributed by atoms with van der Waals surface area (Å²) in [4.78, 5) is 7.09. The number of aliphatic hydroxyl groups is 1. The van der Waals surface area contributed by atoms with Crippen LogP contribution >= 0.6 is 0 Å². The molecule has 2 N–H and O–H groups in total. The molecule has 1 aliphatic carbocycles. The third-order valence-corrected chi connectivity index (χ3v) is 5.33. The number of aliphatic hydroxyl groups excluding tert-OH is 1. The third-order valence-electron chi connectivity index (χ3n) is 5.33. The van der Waals surface area contributed by atoms with Gasteiger partial charge in [0.15, 0.2) is 5.96 Å². The Labute approximate surface area is 139 Å². The number of likely N-dealkylation sites (tertiary alicyclic amines) is 1. The van der Waals surface area contributed by atoms with Crippen LogP contribution in [0.3, 0.4) is 0 Å². The molecule has 2 aliphatic rings. The van der Waals surface area contributed by atoms with Crippen molar-refractivity contribution in [3.8, 4) is 0 Å². The number of hydrogen-bond acceptors (Lipinski definition) is 2. The van der Waals surface area contributed by atoms with Gasteiger partial charge in [-0.2, -0.15) is 0 Å². The highest BCUT2D eigenvalue weighted by Gasteiger charge is 2.43. The van der Waals surface area contributed by atoms with Gasteiger partial charge in [0.1, 0.15) is 0 Å². The summed E-state index contributed by atoms with van der Waals surface area (Å²) in [5, 5.41) is 13.8. The van der Waals surface area contributed by atoms with Gasteiger partial charge in [-0.25, -0.2) is 0 Å². The highest BCUT2D eigenvalue weighted by Crippen LogP contribution is 2.47. The number of guanidine groups is 1. The lowest BCUT2D eigenvalue weighted by Gasteiger charge is -2.38. The standard InChI is InChI=1S/C19H29N3O/c1-3-20-18(22-11-10-19(14-22)8-5-9-19)21-13-17(23)16-7-4-6-15(2)12-16/h4,6-7,12,17,23H,3,5,8-11,13-14H2,1-2H3,(H,20,21). The van der Waals surface area contributed by atoms with Crippen LogP contribution in [0.1, 0.15) is 49.8 Å². The summed E-state index contributed by atoms with van der Waals surface area (Å²) in [7, 11) is 0. The number of aryl methyl sites for hydroxylation is 1. The van der Waals surface area contributed by atoms with Crippen molar-refractivity contribution in [3.05, 3.63) is 35.4 Å². The van der Waals surface area contributed by atoms with E-state index in [1.807, 2.05) is 31.2 Å². The fraction of sp³-hybridized carbons (Fsp3) is 0.632. The summed E-state index contributed by atoms with van der Waals surface area (Å²) in [6.45, 7) is 7.64. The molecule has 1 aliphatic heterocycles. The fourth-order valence-corrected chi connectivity index (χ4v) is 3.78. The van der Waals surface area contributed by atoms with E-state index < -0.39 is 6.10 Å². The fourth-order valence-electron chi connectivity index (χ4n) is 3.78. The van der Waals surface area contributed by atoms with Gasteiger partial charge in [0, 0.05) is 19.6 Å². The lowest BCUT2D eigenvalue weighted by molar-refractivity contribution is 0.151. The Balaban J connectivity index is 1.64. The maximum Gasteiger partial charge on any atom is 0.194 e. The second kappa shape index (κ2) is 6.91. The van der Waals surface area contributed by atoms with Gasteiger partial charge in [-0.05, 0) is 44.1 Å². The van der Waals surface area contributed by atoms with Crippen molar-refractivity contribution >= 4 is 5.96 Å². The van der Waals surface area contributed by atoms with Gasteiger partial charge in [-0.3, -0.25) is 4.99 Å². The molecule has 1 heterocycles. The van der Waals surface area contributed by atoms with Crippen molar-refractivity contribution in [3.63, 3.8) is 0 Å². The molecule has 1 saturated carbocycles. The Morgan fingerprint density at radius 1 is 1.39 bits per heavy atom. The van der Waals surface area contributed by atoms with E-state index in [1.165, 1.54) is 31.2 Å². The zero-order chi connectivity index (χ0) is 16.3. The van der Waals surface area contributed by atoms with Gasteiger partial charge in [-0.1, -0.05) is 36.2 Å². The molecule has 0 radical (unpaired) electrons. The highest BCUT2D eigenvalue weighted by molar-refractivity contribution is 5.80. The van der Waals surface area contributed by atoms with E-state index in [0.717, 1.165) is 31.2 Å². The van der Waals surface area contributed by atoms with Gasteiger partial charge in [0.2, 0.25) is 0 Å². The average Bonchev–Trinajstić information content (AvgIpc) is 2.97. The summed E-state index contributed by atoms with van der Waals surface area (Å²) >= 11 is 0. The molecule has 23 heavy (non-hydrogen) atoms. The normalized spacial score (nSPS) is 21.3. The molecule has 4 nitrogen and oxygen atoms in total. The molecule has 1 atom stereocenters. The SMILES string of the molecule is CCNC(=NCC(O)c1cccc(C)c1)N1CCC2(CCC2)C1. The number of hydrogen-bond donors (Lipinski definition) is 2. The summed E-state index contributed by atoms with van der Waals surface area (Å²) in [6.07, 6.45) is 4.87. The Morgan fingerprint density at radius 2 is 2.22 bits per heavy atom. The maximum absolute atomic E-state index is 10.4. The molecular weight excluding hydrogens is 286 g/mol. The average molecular weight is 315 g/mol. The summed E-state index contributed by atoms with van der Waals surface area (Å²) in [5.41, 5.74) is 2.68. The van der Waals surface area contributed by atoms with E-state index in [4.69, 9.17) is 4.99 Å². The highest BCUT2D eigenvalue weighted by atomic mass is 16.3. The molecule has 0 bridgehead atoms. The van der Waals surface area contributed by atoms with E-state index in [-0.39, 0.29) is 0 Å². The van der Waals surface area contributed by atoms with Crippen LogP contribution in [0.25, 0.3) is 0 Å². The molecule has 1 aromatic carbocycles. The van der Waals surface area contributed by atoms with E-state index in [1.54, 1.807) is 0 Å². The minimum atomic E-state index is -0.538. The largest absolute Gasteiger partial charge is 0.386 e. The molecule has 4 heteroatoms. The van der Waals surface area contributed by atoms with Crippen molar-refractivity contribution in [2.45, 2.75) is 45.6 Å². The Bertz CT molecular complexity index is 565. The van der Waals surface area contributed by atoms with Gasteiger partial charge in [0.05, 0.1) is 12.6 Å². The van der Waals surface area contributed by atoms with Crippen molar-refractivity contribution in [2.24, 2.45) is 10.4 Å². The minimum absolute atomic E-state index is 0.412. The van der Waals surface area contributed by atoms with Crippen LogP contribution < -0.4 is 5.32 Å². The molecule has 0 aromatic heterocycles. The van der Waals surface area contributed by atoms with Gasteiger partial charge < -0.3 is 15.3 Å². The van der Waals surface area contributed by atoms with Crippen LogP contribution in [-0.2, 0) is 0 Å². The summed E-state index contributed by atoms with van der Waals surface area (Å²) in [5.74, 6) is 0.961. The van der Waals surface area contributed by atoms with Crippen molar-refractivity contribution in [1.82, 2.24) is 10.2 Å². The van der Waals surface area contributed by atoms with Gasteiger partial charge >= 0.3 is 0 Å². The zero-order valence-electron chi connectivity index (χ0n) is 14.4. The van der Waals surface area contributed by atoms with E-state index in [9.17, 15) is 5.11 Å². The van der Waals surface area contributed by atoms with Crippen molar-refractivity contribution in [2.75, 3.05) is 26.2 Å². The molecular formula is C19H29N3O. The van der Waals surface area contributed by atoms with E-state index >= 15 is 0 Å². The molecule has 1 aromatic rings. The molecule has 3 rings (SSSR count). The molecule has 0 amide bonds. The van der Waals surface area contributed by atoms with Crippen LogP contribution in [0.4, 0.5) is 0 Å². The molecule has 1 spiro atoms. The molecule has 126 valence electrons. The minimum Gasteiger partial charge on any atom is -0.386 e. The summed E-state index contributed by atoms with van der Waals surface area (Å²) in [6, 6.07) is 8.04. The molecule has 1 unspecified atom stereocenters. The first-order valence-corrected chi connectivity index (χ1v) is 8.90. The second-order valence-corrected chi connectivity index (χ2v) is 7.15. The Kier molecular flexibility index (Phi) is 4.90. The maximum atomic E-state index is 10.4. The predicted octanol–water partition coefficient (Wildman–Crippen LogP) is 2.87.